The van der Waals surface area contributed by atoms with Gasteiger partial charge in [0.1, 0.15) is 12.4 Å². The molecule has 4 rings (SSSR count). The van der Waals surface area contributed by atoms with Crippen molar-refractivity contribution in [1.29, 1.82) is 0 Å². The van der Waals surface area contributed by atoms with Crippen LogP contribution in [0, 0.1) is 5.92 Å². The van der Waals surface area contributed by atoms with Crippen LogP contribution < -0.4 is 9.64 Å². The highest BCUT2D eigenvalue weighted by atomic mass is 32.2. The Kier molecular flexibility index (Phi) is 5.10. The van der Waals surface area contributed by atoms with Crippen molar-refractivity contribution in [2.24, 2.45) is 5.92 Å². The summed E-state index contributed by atoms with van der Waals surface area (Å²) < 4.78 is 33.5. The molecule has 2 heterocycles. The van der Waals surface area contributed by atoms with E-state index < -0.39 is 10.0 Å². The molecular weight excluding hydrogens is 360 g/mol. The van der Waals surface area contributed by atoms with Gasteiger partial charge >= 0.3 is 0 Å². The van der Waals surface area contributed by atoms with Crippen LogP contribution in [0.4, 0.5) is 5.69 Å². The maximum atomic E-state index is 13.1. The zero-order valence-electron chi connectivity index (χ0n) is 15.7. The number of rotatable bonds is 4. The number of hydrogen-bond donors (Lipinski definition) is 0. The summed E-state index contributed by atoms with van der Waals surface area (Å²) in [7, 11) is -1.50. The summed E-state index contributed by atoms with van der Waals surface area (Å²) in [6, 6.07) is 15.6. The molecule has 0 N–H and O–H groups in total. The van der Waals surface area contributed by atoms with Crippen LogP contribution in [-0.4, -0.2) is 46.0 Å². The van der Waals surface area contributed by atoms with Crippen LogP contribution in [0.25, 0.3) is 0 Å². The first kappa shape index (κ1) is 18.3. The molecule has 0 unspecified atom stereocenters. The van der Waals surface area contributed by atoms with Crippen LogP contribution in [0.15, 0.2) is 53.4 Å². The molecule has 6 heteroatoms. The van der Waals surface area contributed by atoms with E-state index in [1.807, 2.05) is 18.0 Å². The first-order chi connectivity index (χ1) is 13.0. The SMILES string of the molecule is CN1CCOc2ccc(S(=O)(=O)N3CCC(Cc4ccccc4)CC3)cc21. The molecule has 2 aromatic carbocycles. The lowest BCUT2D eigenvalue weighted by atomic mass is 9.91. The number of hydrogen-bond acceptors (Lipinski definition) is 4. The number of anilines is 1. The van der Waals surface area contributed by atoms with Crippen molar-refractivity contribution in [2.75, 3.05) is 38.2 Å². The number of ether oxygens (including phenoxy) is 1. The van der Waals surface area contributed by atoms with E-state index in [2.05, 4.69) is 24.3 Å². The molecule has 1 saturated heterocycles. The number of likely N-dealkylation sites (N-methyl/N-ethyl adjacent to an activating group) is 1. The summed E-state index contributed by atoms with van der Waals surface area (Å²) in [6.07, 6.45) is 2.83. The summed E-state index contributed by atoms with van der Waals surface area (Å²) in [4.78, 5) is 2.41. The standard InChI is InChI=1S/C21H26N2O3S/c1-22-13-14-26-21-8-7-19(16-20(21)22)27(24,25)23-11-9-18(10-12-23)15-17-5-3-2-4-6-17/h2-8,16,18H,9-15H2,1H3. The molecule has 0 aliphatic carbocycles. The summed E-state index contributed by atoms with van der Waals surface area (Å²) in [5.41, 5.74) is 2.18. The molecule has 2 aliphatic rings. The number of piperidine rings is 1. The van der Waals surface area contributed by atoms with E-state index in [9.17, 15) is 8.42 Å². The number of nitrogens with zero attached hydrogens (tertiary/aromatic N) is 2. The van der Waals surface area contributed by atoms with Crippen LogP contribution in [0.1, 0.15) is 18.4 Å². The second-order valence-corrected chi connectivity index (χ2v) is 9.37. The van der Waals surface area contributed by atoms with Gasteiger partial charge in [0.05, 0.1) is 17.1 Å². The zero-order chi connectivity index (χ0) is 18.9. The highest BCUT2D eigenvalue weighted by Crippen LogP contribution is 2.34. The van der Waals surface area contributed by atoms with Gasteiger partial charge < -0.3 is 9.64 Å². The van der Waals surface area contributed by atoms with Gasteiger partial charge in [-0.3, -0.25) is 0 Å². The Morgan fingerprint density at radius 1 is 1.04 bits per heavy atom. The molecule has 0 radical (unpaired) electrons. The first-order valence-corrected chi connectivity index (χ1v) is 11.0. The monoisotopic (exact) mass is 386 g/mol. The number of benzene rings is 2. The lowest BCUT2D eigenvalue weighted by Gasteiger charge is -2.32. The van der Waals surface area contributed by atoms with Gasteiger partial charge in [-0.15, -0.1) is 0 Å². The molecule has 0 bridgehead atoms. The Balaban J connectivity index is 1.45. The quantitative estimate of drug-likeness (QED) is 0.810. The van der Waals surface area contributed by atoms with Crippen molar-refractivity contribution in [1.82, 2.24) is 4.31 Å². The van der Waals surface area contributed by atoms with Gasteiger partial charge in [-0.05, 0) is 48.9 Å². The molecule has 2 aliphatic heterocycles. The minimum Gasteiger partial charge on any atom is -0.490 e. The van der Waals surface area contributed by atoms with Crippen molar-refractivity contribution in [3.8, 4) is 5.75 Å². The van der Waals surface area contributed by atoms with Gasteiger partial charge in [0.25, 0.3) is 0 Å². The van der Waals surface area contributed by atoms with Gasteiger partial charge in [0.15, 0.2) is 0 Å². The van der Waals surface area contributed by atoms with Crippen molar-refractivity contribution in [3.05, 3.63) is 54.1 Å². The normalized spacial score (nSPS) is 18.8. The molecule has 2 aromatic rings. The van der Waals surface area contributed by atoms with Gasteiger partial charge in [-0.1, -0.05) is 30.3 Å². The fourth-order valence-corrected chi connectivity index (χ4v) is 5.43. The molecule has 0 spiro atoms. The van der Waals surface area contributed by atoms with Crippen LogP contribution in [0.2, 0.25) is 0 Å². The molecule has 27 heavy (non-hydrogen) atoms. The fourth-order valence-electron chi connectivity index (χ4n) is 3.94. The molecule has 144 valence electrons. The van der Waals surface area contributed by atoms with E-state index in [1.165, 1.54) is 5.56 Å². The van der Waals surface area contributed by atoms with Crippen LogP contribution in [0.3, 0.4) is 0 Å². The minimum absolute atomic E-state index is 0.361. The summed E-state index contributed by atoms with van der Waals surface area (Å²) in [5.74, 6) is 1.30. The average molecular weight is 387 g/mol. The van der Waals surface area contributed by atoms with E-state index in [1.54, 1.807) is 22.5 Å². The molecular formula is C21H26N2O3S. The van der Waals surface area contributed by atoms with Crippen molar-refractivity contribution < 1.29 is 13.2 Å². The third-order valence-corrected chi connectivity index (χ3v) is 7.50. The van der Waals surface area contributed by atoms with Crippen LogP contribution in [0.5, 0.6) is 5.75 Å². The Labute approximate surface area is 161 Å². The van der Waals surface area contributed by atoms with Crippen molar-refractivity contribution >= 4 is 15.7 Å². The Hall–Kier alpha value is -2.05. The van der Waals surface area contributed by atoms with Crippen molar-refractivity contribution in [3.63, 3.8) is 0 Å². The second kappa shape index (κ2) is 7.52. The maximum absolute atomic E-state index is 13.1. The Morgan fingerprint density at radius 2 is 1.78 bits per heavy atom. The van der Waals surface area contributed by atoms with Crippen LogP contribution >= 0.6 is 0 Å². The van der Waals surface area contributed by atoms with Gasteiger partial charge in [0, 0.05) is 20.1 Å². The Morgan fingerprint density at radius 3 is 2.52 bits per heavy atom. The molecule has 0 atom stereocenters. The van der Waals surface area contributed by atoms with Crippen LogP contribution in [-0.2, 0) is 16.4 Å². The predicted molar refractivity (Wildman–Crippen MR) is 107 cm³/mol. The van der Waals surface area contributed by atoms with E-state index in [0.717, 1.165) is 37.2 Å². The first-order valence-electron chi connectivity index (χ1n) is 9.56. The van der Waals surface area contributed by atoms with E-state index in [-0.39, 0.29) is 0 Å². The van der Waals surface area contributed by atoms with E-state index >= 15 is 0 Å². The smallest absolute Gasteiger partial charge is 0.243 e. The minimum atomic E-state index is -3.46. The fraction of sp³-hybridized carbons (Fsp3) is 0.429. The molecule has 0 amide bonds. The van der Waals surface area contributed by atoms with Gasteiger partial charge in [-0.25, -0.2) is 8.42 Å². The van der Waals surface area contributed by atoms with E-state index in [0.29, 0.717) is 30.5 Å². The third-order valence-electron chi connectivity index (χ3n) is 5.60. The summed E-state index contributed by atoms with van der Waals surface area (Å²) in [6.45, 7) is 2.57. The largest absolute Gasteiger partial charge is 0.490 e. The second-order valence-electron chi connectivity index (χ2n) is 7.44. The number of fused-ring (bicyclic) bond motifs is 1. The summed E-state index contributed by atoms with van der Waals surface area (Å²) in [5, 5.41) is 0. The topological polar surface area (TPSA) is 49.9 Å². The highest BCUT2D eigenvalue weighted by Gasteiger charge is 2.30. The lowest BCUT2D eigenvalue weighted by molar-refractivity contribution is 0.272. The molecule has 0 saturated carbocycles. The highest BCUT2D eigenvalue weighted by molar-refractivity contribution is 7.89. The van der Waals surface area contributed by atoms with E-state index in [4.69, 9.17) is 4.74 Å². The average Bonchev–Trinajstić information content (AvgIpc) is 2.69. The lowest BCUT2D eigenvalue weighted by Crippen LogP contribution is -2.39. The predicted octanol–water partition coefficient (Wildman–Crippen LogP) is 3.16. The third kappa shape index (κ3) is 3.82. The molecule has 1 fully saturated rings. The maximum Gasteiger partial charge on any atom is 0.243 e. The summed E-state index contributed by atoms with van der Waals surface area (Å²) >= 11 is 0. The van der Waals surface area contributed by atoms with Crippen molar-refractivity contribution in [2.45, 2.75) is 24.2 Å². The zero-order valence-corrected chi connectivity index (χ0v) is 16.5. The van der Waals surface area contributed by atoms with Gasteiger partial charge in [0.2, 0.25) is 10.0 Å². The molecule has 0 aromatic heterocycles. The molecule has 5 nitrogen and oxygen atoms in total. The number of sulfonamides is 1. The van der Waals surface area contributed by atoms with Gasteiger partial charge in [-0.2, -0.15) is 4.31 Å². The Bertz CT molecular complexity index is 891.